The third-order valence-corrected chi connectivity index (χ3v) is 3.17. The number of nitrogens with one attached hydrogen (secondary N) is 1. The average Bonchev–Trinajstić information content (AvgIpc) is 2.37. The first kappa shape index (κ1) is 17.4. The third kappa shape index (κ3) is 5.34. The first-order chi connectivity index (χ1) is 9.75. The van der Waals surface area contributed by atoms with Gasteiger partial charge in [0.1, 0.15) is 12.3 Å². The highest BCUT2D eigenvalue weighted by Crippen LogP contribution is 2.22. The molecule has 1 amide bonds. The highest BCUT2D eigenvalue weighted by Gasteiger charge is 2.18. The normalized spacial score (nSPS) is 11.4. The highest BCUT2D eigenvalue weighted by molar-refractivity contribution is 7.89. The standard InChI is InChI=1S/C11H14F2N2O5S/c1-19-2-3-20-6-10(16)15-11-8(12)4-7(5-9(11)13)21(14,17)18/h4-5H,2-3,6H2,1H3,(H,15,16)(H2,14,17,18). The van der Waals surface area contributed by atoms with E-state index >= 15 is 0 Å². The zero-order valence-corrected chi connectivity index (χ0v) is 11.9. The molecule has 0 aliphatic carbocycles. The van der Waals surface area contributed by atoms with Crippen molar-refractivity contribution in [2.45, 2.75) is 4.90 Å². The van der Waals surface area contributed by atoms with Gasteiger partial charge in [-0.05, 0) is 12.1 Å². The van der Waals surface area contributed by atoms with Gasteiger partial charge >= 0.3 is 0 Å². The van der Waals surface area contributed by atoms with E-state index in [1.54, 1.807) is 0 Å². The average molecular weight is 324 g/mol. The van der Waals surface area contributed by atoms with Crippen molar-refractivity contribution in [1.82, 2.24) is 0 Å². The number of carbonyl (C=O) groups is 1. The monoisotopic (exact) mass is 324 g/mol. The van der Waals surface area contributed by atoms with Gasteiger partial charge in [0, 0.05) is 7.11 Å². The fraction of sp³-hybridized carbons (Fsp3) is 0.364. The molecule has 10 heteroatoms. The Morgan fingerprint density at radius 2 is 1.86 bits per heavy atom. The summed E-state index contributed by atoms with van der Waals surface area (Å²) in [6.07, 6.45) is 0. The van der Waals surface area contributed by atoms with Crippen LogP contribution in [-0.4, -0.2) is 41.3 Å². The van der Waals surface area contributed by atoms with Gasteiger partial charge in [0.15, 0.2) is 11.6 Å². The number of hydrogen-bond donors (Lipinski definition) is 2. The molecule has 0 saturated heterocycles. The predicted molar refractivity (Wildman–Crippen MR) is 69.1 cm³/mol. The summed E-state index contributed by atoms with van der Waals surface area (Å²) in [4.78, 5) is 10.7. The summed E-state index contributed by atoms with van der Waals surface area (Å²) in [7, 11) is -2.80. The highest BCUT2D eigenvalue weighted by atomic mass is 32.2. The summed E-state index contributed by atoms with van der Waals surface area (Å²) in [6, 6.07) is 1.03. The fourth-order valence-electron chi connectivity index (χ4n) is 1.32. The molecule has 0 radical (unpaired) electrons. The van der Waals surface area contributed by atoms with Crippen LogP contribution >= 0.6 is 0 Å². The van der Waals surface area contributed by atoms with E-state index < -0.39 is 44.8 Å². The predicted octanol–water partition coefficient (Wildman–Crippen LogP) is 0.214. The molecule has 1 rings (SSSR count). The van der Waals surface area contributed by atoms with E-state index in [9.17, 15) is 22.0 Å². The molecule has 0 fully saturated rings. The quantitative estimate of drug-likeness (QED) is 0.697. The maximum atomic E-state index is 13.6. The van der Waals surface area contributed by atoms with E-state index in [1.807, 2.05) is 5.32 Å². The van der Waals surface area contributed by atoms with Crippen LogP contribution in [0.5, 0.6) is 0 Å². The Morgan fingerprint density at radius 3 is 2.33 bits per heavy atom. The topological polar surface area (TPSA) is 108 Å². The molecule has 1 aromatic rings. The van der Waals surface area contributed by atoms with Gasteiger partial charge in [0.05, 0.1) is 18.1 Å². The third-order valence-electron chi connectivity index (χ3n) is 2.27. The maximum absolute atomic E-state index is 13.6. The second-order valence-corrected chi connectivity index (χ2v) is 5.46. The number of ether oxygens (including phenoxy) is 2. The molecule has 0 unspecified atom stereocenters. The lowest BCUT2D eigenvalue weighted by molar-refractivity contribution is -0.121. The summed E-state index contributed by atoms with van der Waals surface area (Å²) in [6.45, 7) is -0.0303. The van der Waals surface area contributed by atoms with Crippen LogP contribution in [0, 0.1) is 11.6 Å². The molecule has 0 saturated carbocycles. The number of carbonyl (C=O) groups excluding carboxylic acids is 1. The van der Waals surface area contributed by atoms with Gasteiger partial charge in [-0.3, -0.25) is 4.79 Å². The zero-order chi connectivity index (χ0) is 16.0. The molecule has 0 heterocycles. The first-order valence-electron chi connectivity index (χ1n) is 5.64. The van der Waals surface area contributed by atoms with Crippen LogP contribution in [0.3, 0.4) is 0 Å². The van der Waals surface area contributed by atoms with Crippen LogP contribution in [0.25, 0.3) is 0 Å². The van der Waals surface area contributed by atoms with Gasteiger partial charge in [-0.2, -0.15) is 0 Å². The molecule has 118 valence electrons. The summed E-state index contributed by atoms with van der Waals surface area (Å²) < 4.78 is 58.8. The number of benzene rings is 1. The van der Waals surface area contributed by atoms with Crippen molar-refractivity contribution in [3.05, 3.63) is 23.8 Å². The Labute approximate surface area is 120 Å². The lowest BCUT2D eigenvalue weighted by atomic mass is 10.3. The Bertz CT molecular complexity index is 598. The second kappa shape index (κ2) is 7.41. The Kier molecular flexibility index (Phi) is 6.15. The number of halogens is 2. The van der Waals surface area contributed by atoms with E-state index in [2.05, 4.69) is 4.74 Å². The summed E-state index contributed by atoms with van der Waals surface area (Å²) >= 11 is 0. The van der Waals surface area contributed by atoms with Gasteiger partial charge in [0.25, 0.3) is 5.91 Å². The van der Waals surface area contributed by atoms with Crippen LogP contribution in [0.1, 0.15) is 0 Å². The molecular weight excluding hydrogens is 310 g/mol. The van der Waals surface area contributed by atoms with E-state index in [0.29, 0.717) is 12.1 Å². The fourth-order valence-corrected chi connectivity index (χ4v) is 1.85. The number of nitrogens with two attached hydrogens (primary N) is 1. The first-order valence-corrected chi connectivity index (χ1v) is 7.18. The van der Waals surface area contributed by atoms with Crippen LogP contribution in [-0.2, 0) is 24.3 Å². The maximum Gasteiger partial charge on any atom is 0.250 e. The summed E-state index contributed by atoms with van der Waals surface area (Å²) in [5, 5.41) is 6.70. The van der Waals surface area contributed by atoms with Crippen LogP contribution < -0.4 is 10.5 Å². The number of sulfonamides is 1. The molecule has 0 aliphatic heterocycles. The number of amides is 1. The number of primary sulfonamides is 1. The van der Waals surface area contributed by atoms with Crippen LogP contribution in [0.2, 0.25) is 0 Å². The smallest absolute Gasteiger partial charge is 0.250 e. The van der Waals surface area contributed by atoms with Gasteiger partial charge < -0.3 is 14.8 Å². The molecule has 0 atom stereocenters. The Morgan fingerprint density at radius 1 is 1.29 bits per heavy atom. The lowest BCUT2D eigenvalue weighted by Gasteiger charge is -2.09. The molecule has 0 aliphatic rings. The van der Waals surface area contributed by atoms with E-state index in [4.69, 9.17) is 9.88 Å². The van der Waals surface area contributed by atoms with Crippen molar-refractivity contribution in [2.75, 3.05) is 32.2 Å². The lowest BCUT2D eigenvalue weighted by Crippen LogP contribution is -2.21. The summed E-state index contributed by atoms with van der Waals surface area (Å²) in [5.41, 5.74) is -0.775. The minimum absolute atomic E-state index is 0.138. The van der Waals surface area contributed by atoms with Crippen molar-refractivity contribution in [3.63, 3.8) is 0 Å². The van der Waals surface area contributed by atoms with Crippen molar-refractivity contribution in [1.29, 1.82) is 0 Å². The molecule has 0 bridgehead atoms. The van der Waals surface area contributed by atoms with E-state index in [-0.39, 0.29) is 13.2 Å². The molecule has 3 N–H and O–H groups in total. The molecule has 1 aromatic carbocycles. The summed E-state index contributed by atoms with van der Waals surface area (Å²) in [5.74, 6) is -3.32. The SMILES string of the molecule is COCCOCC(=O)Nc1c(F)cc(S(N)(=O)=O)cc1F. The number of rotatable bonds is 7. The molecule has 21 heavy (non-hydrogen) atoms. The minimum atomic E-state index is -4.24. The van der Waals surface area contributed by atoms with Gasteiger partial charge in [-0.15, -0.1) is 0 Å². The van der Waals surface area contributed by atoms with Crippen molar-refractivity contribution >= 4 is 21.6 Å². The second-order valence-electron chi connectivity index (χ2n) is 3.90. The minimum Gasteiger partial charge on any atom is -0.382 e. The van der Waals surface area contributed by atoms with Crippen molar-refractivity contribution < 1.29 is 31.5 Å². The van der Waals surface area contributed by atoms with Crippen LogP contribution in [0.15, 0.2) is 17.0 Å². The van der Waals surface area contributed by atoms with E-state index in [1.165, 1.54) is 7.11 Å². The van der Waals surface area contributed by atoms with Gasteiger partial charge in [-0.1, -0.05) is 0 Å². The van der Waals surface area contributed by atoms with Gasteiger partial charge in [-0.25, -0.2) is 22.3 Å². The van der Waals surface area contributed by atoms with Crippen LogP contribution in [0.4, 0.5) is 14.5 Å². The zero-order valence-electron chi connectivity index (χ0n) is 11.1. The van der Waals surface area contributed by atoms with Gasteiger partial charge in [0.2, 0.25) is 10.0 Å². The van der Waals surface area contributed by atoms with Crippen molar-refractivity contribution in [2.24, 2.45) is 5.14 Å². The molecule has 0 aromatic heterocycles. The largest absolute Gasteiger partial charge is 0.382 e. The number of hydrogen-bond acceptors (Lipinski definition) is 5. The Hall–Kier alpha value is -1.62. The van der Waals surface area contributed by atoms with Crippen molar-refractivity contribution in [3.8, 4) is 0 Å². The Balaban J connectivity index is 2.78. The molecule has 0 spiro atoms. The molecule has 7 nitrogen and oxygen atoms in total. The number of anilines is 1. The molecular formula is C11H14F2N2O5S. The number of methoxy groups -OCH3 is 1. The van der Waals surface area contributed by atoms with E-state index in [0.717, 1.165) is 0 Å².